The Morgan fingerprint density at radius 3 is 2.19 bits per heavy atom. The number of rotatable bonds is 13. The minimum absolute atomic E-state index is 0.0670. The lowest BCUT2D eigenvalue weighted by molar-refractivity contribution is -0.113. The first-order valence-electron chi connectivity index (χ1n) is 12.8. The van der Waals surface area contributed by atoms with Gasteiger partial charge in [-0.1, -0.05) is 27.7 Å². The number of benzene rings is 3. The van der Waals surface area contributed by atoms with E-state index in [4.69, 9.17) is 18.9 Å². The normalized spacial score (nSPS) is 10.6. The summed E-state index contributed by atoms with van der Waals surface area (Å²) < 4.78 is 24.2. The van der Waals surface area contributed by atoms with Crippen LogP contribution in [0.5, 0.6) is 23.0 Å². The van der Waals surface area contributed by atoms with Crippen LogP contribution in [0, 0.1) is 0 Å². The van der Waals surface area contributed by atoms with Crippen molar-refractivity contribution in [2.75, 3.05) is 39.0 Å². The Hall–Kier alpha value is -4.23. The Kier molecular flexibility index (Phi) is 10.7. The lowest BCUT2D eigenvalue weighted by Crippen LogP contribution is -2.25. The molecule has 0 saturated carbocycles. The highest BCUT2D eigenvalue weighted by atomic mass is 79.9. The zero-order valence-electron chi connectivity index (χ0n) is 23.5. The van der Waals surface area contributed by atoms with E-state index >= 15 is 0 Å². The summed E-state index contributed by atoms with van der Waals surface area (Å²) in [7, 11) is 4.46. The fourth-order valence-corrected chi connectivity index (χ4v) is 4.99. The van der Waals surface area contributed by atoms with E-state index in [1.807, 2.05) is 31.2 Å². The van der Waals surface area contributed by atoms with Gasteiger partial charge in [-0.25, -0.2) is 0 Å². The number of carbonyl (C=O) groups excluding carboxylic acids is 2. The van der Waals surface area contributed by atoms with E-state index in [1.165, 1.54) is 33.1 Å². The number of aromatic nitrogens is 3. The van der Waals surface area contributed by atoms with E-state index in [0.29, 0.717) is 46.1 Å². The predicted octanol–water partition coefficient (Wildman–Crippen LogP) is 5.12. The van der Waals surface area contributed by atoms with Crippen molar-refractivity contribution in [3.8, 4) is 28.7 Å². The second kappa shape index (κ2) is 14.6. The van der Waals surface area contributed by atoms with Crippen LogP contribution < -0.4 is 29.6 Å². The molecule has 3 aromatic carbocycles. The minimum atomic E-state index is -0.372. The maximum Gasteiger partial charge on any atom is 0.251 e. The molecule has 1 heterocycles. The Labute approximate surface area is 256 Å². The maximum atomic E-state index is 13.1. The predicted molar refractivity (Wildman–Crippen MR) is 163 cm³/mol. The third kappa shape index (κ3) is 7.53. The molecule has 0 fully saturated rings. The molecule has 0 unspecified atom stereocenters. The molecule has 13 heteroatoms. The van der Waals surface area contributed by atoms with Gasteiger partial charge >= 0.3 is 0 Å². The number of hydrogen-bond acceptors (Lipinski definition) is 9. The summed E-state index contributed by atoms with van der Waals surface area (Å²) in [5, 5.41) is 14.9. The Morgan fingerprint density at radius 2 is 1.60 bits per heavy atom. The zero-order valence-corrected chi connectivity index (χ0v) is 25.9. The van der Waals surface area contributed by atoms with Crippen molar-refractivity contribution in [1.82, 2.24) is 20.1 Å². The van der Waals surface area contributed by atoms with Crippen LogP contribution in [0.2, 0.25) is 0 Å². The fraction of sp³-hybridized carbons (Fsp3) is 0.241. The molecule has 0 radical (unpaired) electrons. The van der Waals surface area contributed by atoms with Crippen LogP contribution in [0.3, 0.4) is 0 Å². The number of halogens is 1. The highest BCUT2D eigenvalue weighted by molar-refractivity contribution is 9.10. The maximum absolute atomic E-state index is 13.1. The third-order valence-corrected chi connectivity index (χ3v) is 7.36. The third-order valence-electron chi connectivity index (χ3n) is 5.90. The molecule has 42 heavy (non-hydrogen) atoms. The van der Waals surface area contributed by atoms with E-state index in [0.717, 1.165) is 15.9 Å². The summed E-state index contributed by atoms with van der Waals surface area (Å²) in [4.78, 5) is 25.8. The molecule has 0 aliphatic heterocycles. The Morgan fingerprint density at radius 1 is 0.929 bits per heavy atom. The molecule has 0 aliphatic carbocycles. The minimum Gasteiger partial charge on any atom is -0.494 e. The molecule has 0 spiro atoms. The van der Waals surface area contributed by atoms with Gasteiger partial charge in [0.05, 0.1) is 40.2 Å². The first-order valence-corrected chi connectivity index (χ1v) is 14.6. The number of nitrogens with zero attached hydrogens (tertiary/aromatic N) is 3. The SMILES string of the molecule is CCOc1ccc(NC(=O)CSc2nnc(CNC(=O)c3cc(OC)c(OC)c(OC)c3)n2-c2ccc(Br)cc2)cc1. The highest BCUT2D eigenvalue weighted by Gasteiger charge is 2.20. The molecule has 2 amide bonds. The molecule has 4 rings (SSSR count). The summed E-state index contributed by atoms with van der Waals surface area (Å²) in [6.45, 7) is 2.55. The Balaban J connectivity index is 1.50. The van der Waals surface area contributed by atoms with Gasteiger partial charge in [0.1, 0.15) is 5.75 Å². The number of hydrogen-bond donors (Lipinski definition) is 2. The first-order chi connectivity index (χ1) is 20.4. The molecular formula is C29H30BrN5O6S. The summed E-state index contributed by atoms with van der Waals surface area (Å²) in [5.41, 5.74) is 1.75. The van der Waals surface area contributed by atoms with E-state index in [1.54, 1.807) is 41.0 Å². The van der Waals surface area contributed by atoms with Crippen molar-refractivity contribution >= 4 is 45.2 Å². The van der Waals surface area contributed by atoms with E-state index < -0.39 is 0 Å². The molecule has 0 bridgehead atoms. The van der Waals surface area contributed by atoms with Gasteiger partial charge in [0.25, 0.3) is 5.91 Å². The average Bonchev–Trinajstić information content (AvgIpc) is 3.42. The topological polar surface area (TPSA) is 126 Å². The van der Waals surface area contributed by atoms with Crippen LogP contribution in [-0.2, 0) is 11.3 Å². The van der Waals surface area contributed by atoms with Gasteiger partial charge < -0.3 is 29.6 Å². The molecular weight excluding hydrogens is 626 g/mol. The lowest BCUT2D eigenvalue weighted by Gasteiger charge is -2.14. The number of nitrogens with one attached hydrogen (secondary N) is 2. The number of ether oxygens (including phenoxy) is 4. The summed E-state index contributed by atoms with van der Waals surface area (Å²) in [6.07, 6.45) is 0. The van der Waals surface area contributed by atoms with Gasteiger partial charge in [0, 0.05) is 21.4 Å². The summed E-state index contributed by atoms with van der Waals surface area (Å²) >= 11 is 4.69. The molecule has 4 aromatic rings. The van der Waals surface area contributed by atoms with Crippen LogP contribution in [0.25, 0.3) is 5.69 Å². The number of thioether (sulfide) groups is 1. The standard InChI is InChI=1S/C29H30BrN5O6S/c1-5-41-22-12-8-20(9-13-22)32-26(36)17-42-29-34-33-25(35(29)21-10-6-19(30)7-11-21)16-31-28(37)18-14-23(38-2)27(40-4)24(15-18)39-3/h6-15H,5,16-17H2,1-4H3,(H,31,37)(H,32,36). The van der Waals surface area contributed by atoms with Gasteiger partial charge in [-0.3, -0.25) is 14.2 Å². The largest absolute Gasteiger partial charge is 0.494 e. The van der Waals surface area contributed by atoms with Crippen LogP contribution >= 0.6 is 27.7 Å². The van der Waals surface area contributed by atoms with Crippen LogP contribution in [0.15, 0.2) is 70.3 Å². The molecule has 0 aliphatic rings. The van der Waals surface area contributed by atoms with Crippen molar-refractivity contribution in [3.05, 3.63) is 76.5 Å². The lowest BCUT2D eigenvalue weighted by atomic mass is 10.1. The van der Waals surface area contributed by atoms with Crippen molar-refractivity contribution in [3.63, 3.8) is 0 Å². The summed E-state index contributed by atoms with van der Waals surface area (Å²) in [5.74, 6) is 1.85. The quantitative estimate of drug-likeness (QED) is 0.189. The van der Waals surface area contributed by atoms with Crippen molar-refractivity contribution in [2.45, 2.75) is 18.6 Å². The van der Waals surface area contributed by atoms with Gasteiger partial charge in [-0.05, 0) is 67.6 Å². The van der Waals surface area contributed by atoms with Crippen molar-refractivity contribution < 1.29 is 28.5 Å². The molecule has 11 nitrogen and oxygen atoms in total. The van der Waals surface area contributed by atoms with Gasteiger partial charge in [0.2, 0.25) is 11.7 Å². The second-order valence-electron chi connectivity index (χ2n) is 8.60. The monoisotopic (exact) mass is 655 g/mol. The molecule has 1 aromatic heterocycles. The number of carbonyl (C=O) groups is 2. The molecule has 220 valence electrons. The van der Waals surface area contributed by atoms with Crippen LogP contribution in [0.1, 0.15) is 23.1 Å². The number of methoxy groups -OCH3 is 3. The molecule has 0 atom stereocenters. The fourth-order valence-electron chi connectivity index (χ4n) is 3.96. The van der Waals surface area contributed by atoms with E-state index in [-0.39, 0.29) is 24.1 Å². The molecule has 2 N–H and O–H groups in total. The first kappa shape index (κ1) is 30.7. The van der Waals surface area contributed by atoms with Gasteiger partial charge in [0.15, 0.2) is 22.5 Å². The average molecular weight is 657 g/mol. The van der Waals surface area contributed by atoms with Gasteiger partial charge in [-0.15, -0.1) is 10.2 Å². The van der Waals surface area contributed by atoms with Crippen molar-refractivity contribution in [1.29, 1.82) is 0 Å². The zero-order chi connectivity index (χ0) is 30.1. The van der Waals surface area contributed by atoms with Crippen LogP contribution in [0.4, 0.5) is 5.69 Å². The van der Waals surface area contributed by atoms with Gasteiger partial charge in [-0.2, -0.15) is 0 Å². The number of anilines is 1. The number of amides is 2. The second-order valence-corrected chi connectivity index (χ2v) is 10.5. The highest BCUT2D eigenvalue weighted by Crippen LogP contribution is 2.38. The van der Waals surface area contributed by atoms with E-state index in [9.17, 15) is 9.59 Å². The summed E-state index contributed by atoms with van der Waals surface area (Å²) in [6, 6.07) is 17.9. The molecule has 0 saturated heterocycles. The van der Waals surface area contributed by atoms with E-state index in [2.05, 4.69) is 36.8 Å². The van der Waals surface area contributed by atoms with Crippen LogP contribution in [-0.4, -0.2) is 60.3 Å². The van der Waals surface area contributed by atoms with Crippen molar-refractivity contribution in [2.24, 2.45) is 0 Å². The smallest absolute Gasteiger partial charge is 0.251 e. The Bertz CT molecular complexity index is 1500.